The van der Waals surface area contributed by atoms with Gasteiger partial charge in [0.1, 0.15) is 12.4 Å². The highest BCUT2D eigenvalue weighted by Crippen LogP contribution is 2.20. The molecule has 0 amide bonds. The second-order valence-corrected chi connectivity index (χ2v) is 3.44. The number of nitrogens with two attached hydrogens (primary N) is 1. The molecule has 0 saturated heterocycles. The number of hydrogen-bond acceptors (Lipinski definition) is 3. The average Bonchev–Trinajstić information content (AvgIpc) is 2.19. The quantitative estimate of drug-likeness (QED) is 0.296. The molecular formula is C9H19N3O. The Kier molecular flexibility index (Phi) is 4.78. The predicted molar refractivity (Wildman–Crippen MR) is 53.5 cm³/mol. The van der Waals surface area contributed by atoms with Crippen LogP contribution in [0.2, 0.25) is 0 Å². The SMILES string of the molecule is COCC(=NC1CCCCC1)NN. The van der Waals surface area contributed by atoms with Crippen LogP contribution < -0.4 is 11.3 Å². The van der Waals surface area contributed by atoms with Crippen LogP contribution in [0.4, 0.5) is 0 Å². The van der Waals surface area contributed by atoms with Gasteiger partial charge in [0, 0.05) is 7.11 Å². The Balaban J connectivity index is 2.39. The molecule has 3 N–H and O–H groups in total. The number of ether oxygens (including phenoxy) is 1. The van der Waals surface area contributed by atoms with Gasteiger partial charge in [0.05, 0.1) is 6.04 Å². The van der Waals surface area contributed by atoms with Crippen molar-refractivity contribution in [3.63, 3.8) is 0 Å². The van der Waals surface area contributed by atoms with Gasteiger partial charge >= 0.3 is 0 Å². The second-order valence-electron chi connectivity index (χ2n) is 3.44. The lowest BCUT2D eigenvalue weighted by Crippen LogP contribution is -2.35. The first-order valence-corrected chi connectivity index (χ1v) is 4.89. The third kappa shape index (κ3) is 3.74. The van der Waals surface area contributed by atoms with Gasteiger partial charge in [-0.1, -0.05) is 19.3 Å². The number of nitrogens with one attached hydrogen (secondary N) is 1. The van der Waals surface area contributed by atoms with Gasteiger partial charge in [0.15, 0.2) is 0 Å². The topological polar surface area (TPSA) is 59.6 Å². The summed E-state index contributed by atoms with van der Waals surface area (Å²) in [6, 6.07) is 0.454. The van der Waals surface area contributed by atoms with E-state index in [1.807, 2.05) is 0 Å². The first-order chi connectivity index (χ1) is 6.36. The lowest BCUT2D eigenvalue weighted by Gasteiger charge is -2.18. The van der Waals surface area contributed by atoms with Crippen LogP contribution in [-0.4, -0.2) is 25.6 Å². The standard InChI is InChI=1S/C9H19N3O/c1-13-7-9(12-10)11-8-5-3-2-4-6-8/h8H,2-7,10H2,1H3,(H,11,12). The van der Waals surface area contributed by atoms with E-state index >= 15 is 0 Å². The van der Waals surface area contributed by atoms with Crippen molar-refractivity contribution >= 4 is 5.84 Å². The van der Waals surface area contributed by atoms with Gasteiger partial charge in [-0.15, -0.1) is 0 Å². The molecule has 1 aliphatic carbocycles. The second kappa shape index (κ2) is 5.94. The number of methoxy groups -OCH3 is 1. The smallest absolute Gasteiger partial charge is 0.137 e. The summed E-state index contributed by atoms with van der Waals surface area (Å²) in [6.45, 7) is 0.479. The minimum absolute atomic E-state index is 0.454. The maximum Gasteiger partial charge on any atom is 0.137 e. The molecule has 1 rings (SSSR count). The summed E-state index contributed by atoms with van der Waals surface area (Å²) >= 11 is 0. The van der Waals surface area contributed by atoms with E-state index in [9.17, 15) is 0 Å². The largest absolute Gasteiger partial charge is 0.377 e. The molecule has 0 radical (unpaired) electrons. The Morgan fingerprint density at radius 1 is 1.46 bits per heavy atom. The van der Waals surface area contributed by atoms with Crippen molar-refractivity contribution in [2.24, 2.45) is 10.8 Å². The van der Waals surface area contributed by atoms with E-state index in [1.54, 1.807) is 7.11 Å². The summed E-state index contributed by atoms with van der Waals surface area (Å²) in [7, 11) is 1.65. The molecule has 4 heteroatoms. The number of amidine groups is 1. The molecule has 1 aliphatic rings. The zero-order valence-electron chi connectivity index (χ0n) is 8.25. The fourth-order valence-corrected chi connectivity index (χ4v) is 1.68. The van der Waals surface area contributed by atoms with Gasteiger partial charge in [-0.3, -0.25) is 4.99 Å². The molecular weight excluding hydrogens is 166 g/mol. The number of hydrazine groups is 1. The lowest BCUT2D eigenvalue weighted by atomic mass is 9.96. The van der Waals surface area contributed by atoms with Gasteiger partial charge in [0.25, 0.3) is 0 Å². The Hall–Kier alpha value is -0.610. The summed E-state index contributed by atoms with van der Waals surface area (Å²) in [4.78, 5) is 4.50. The minimum atomic E-state index is 0.454. The van der Waals surface area contributed by atoms with E-state index in [0.29, 0.717) is 12.6 Å². The Labute approximate surface area is 79.5 Å². The van der Waals surface area contributed by atoms with Crippen molar-refractivity contribution in [2.45, 2.75) is 38.1 Å². The lowest BCUT2D eigenvalue weighted by molar-refractivity contribution is 0.241. The Bertz CT molecular complexity index is 164. The zero-order chi connectivity index (χ0) is 9.52. The van der Waals surface area contributed by atoms with Crippen LogP contribution in [0, 0.1) is 0 Å². The van der Waals surface area contributed by atoms with Crippen molar-refractivity contribution in [3.8, 4) is 0 Å². The maximum absolute atomic E-state index is 5.32. The van der Waals surface area contributed by atoms with Crippen molar-refractivity contribution in [1.82, 2.24) is 5.43 Å². The van der Waals surface area contributed by atoms with Crippen molar-refractivity contribution in [1.29, 1.82) is 0 Å². The summed E-state index contributed by atoms with van der Waals surface area (Å²) < 4.78 is 4.96. The van der Waals surface area contributed by atoms with Crippen LogP contribution in [0.15, 0.2) is 4.99 Å². The maximum atomic E-state index is 5.32. The van der Waals surface area contributed by atoms with Crippen molar-refractivity contribution < 1.29 is 4.74 Å². The summed E-state index contributed by atoms with van der Waals surface area (Å²) in [5.41, 5.74) is 2.58. The number of hydrogen-bond donors (Lipinski definition) is 2. The molecule has 4 nitrogen and oxygen atoms in total. The molecule has 13 heavy (non-hydrogen) atoms. The monoisotopic (exact) mass is 185 g/mol. The van der Waals surface area contributed by atoms with Crippen LogP contribution in [0.5, 0.6) is 0 Å². The van der Waals surface area contributed by atoms with Crippen LogP contribution in [0.25, 0.3) is 0 Å². The minimum Gasteiger partial charge on any atom is -0.377 e. The fraction of sp³-hybridized carbons (Fsp3) is 0.889. The molecule has 0 aliphatic heterocycles. The molecule has 0 bridgehead atoms. The van der Waals surface area contributed by atoms with Gasteiger partial charge in [-0.2, -0.15) is 0 Å². The molecule has 0 unspecified atom stereocenters. The molecule has 0 aromatic carbocycles. The third-order valence-corrected chi connectivity index (χ3v) is 2.36. The van der Waals surface area contributed by atoms with Gasteiger partial charge < -0.3 is 10.2 Å². The van der Waals surface area contributed by atoms with Gasteiger partial charge in [-0.25, -0.2) is 5.84 Å². The molecule has 1 saturated carbocycles. The highest BCUT2D eigenvalue weighted by molar-refractivity contribution is 5.82. The number of nitrogens with zero attached hydrogens (tertiary/aromatic N) is 1. The fourth-order valence-electron chi connectivity index (χ4n) is 1.68. The average molecular weight is 185 g/mol. The van der Waals surface area contributed by atoms with Gasteiger partial charge in [-0.05, 0) is 12.8 Å². The Morgan fingerprint density at radius 2 is 2.15 bits per heavy atom. The summed E-state index contributed by atoms with van der Waals surface area (Å²) in [6.07, 6.45) is 6.31. The van der Waals surface area contributed by atoms with Crippen LogP contribution in [-0.2, 0) is 4.74 Å². The Morgan fingerprint density at radius 3 is 2.69 bits per heavy atom. The molecule has 0 aromatic heterocycles. The predicted octanol–water partition coefficient (Wildman–Crippen LogP) is 0.827. The van der Waals surface area contributed by atoms with E-state index in [0.717, 1.165) is 5.84 Å². The first-order valence-electron chi connectivity index (χ1n) is 4.89. The van der Waals surface area contributed by atoms with Gasteiger partial charge in [0.2, 0.25) is 0 Å². The van der Waals surface area contributed by atoms with E-state index in [1.165, 1.54) is 32.1 Å². The highest BCUT2D eigenvalue weighted by Gasteiger charge is 2.12. The van der Waals surface area contributed by atoms with Crippen LogP contribution >= 0.6 is 0 Å². The van der Waals surface area contributed by atoms with Crippen LogP contribution in [0.3, 0.4) is 0 Å². The first kappa shape index (κ1) is 10.5. The van der Waals surface area contributed by atoms with E-state index < -0.39 is 0 Å². The van der Waals surface area contributed by atoms with Crippen molar-refractivity contribution in [3.05, 3.63) is 0 Å². The van der Waals surface area contributed by atoms with E-state index in [-0.39, 0.29) is 0 Å². The molecule has 1 fully saturated rings. The molecule has 76 valence electrons. The van der Waals surface area contributed by atoms with Crippen molar-refractivity contribution in [2.75, 3.05) is 13.7 Å². The summed E-state index contributed by atoms with van der Waals surface area (Å²) in [5.74, 6) is 6.07. The normalized spacial score (nSPS) is 20.3. The molecule has 0 spiro atoms. The summed E-state index contributed by atoms with van der Waals surface area (Å²) in [5, 5.41) is 0. The molecule has 0 atom stereocenters. The van der Waals surface area contributed by atoms with Crippen LogP contribution in [0.1, 0.15) is 32.1 Å². The highest BCUT2D eigenvalue weighted by atomic mass is 16.5. The number of aliphatic imine (C=N–C) groups is 1. The number of rotatable bonds is 3. The third-order valence-electron chi connectivity index (χ3n) is 2.36. The molecule has 0 heterocycles. The molecule has 0 aromatic rings. The van der Waals surface area contributed by atoms with E-state index in [2.05, 4.69) is 10.4 Å². The van der Waals surface area contributed by atoms with E-state index in [4.69, 9.17) is 10.6 Å². The zero-order valence-corrected chi connectivity index (χ0v) is 8.25.